The zero-order valence-corrected chi connectivity index (χ0v) is 10.3. The topological polar surface area (TPSA) is 41.5 Å². The van der Waals surface area contributed by atoms with Crippen molar-refractivity contribution in [3.8, 4) is 0 Å². The highest BCUT2D eigenvalue weighted by Gasteiger charge is 2.21. The quantitative estimate of drug-likeness (QED) is 0.688. The molecule has 0 aromatic heterocycles. The van der Waals surface area contributed by atoms with E-state index in [0.717, 1.165) is 6.42 Å². The molecule has 0 saturated heterocycles. The van der Waals surface area contributed by atoms with E-state index < -0.39 is 5.60 Å². The average Bonchev–Trinajstić information content (AvgIpc) is 1.99. The second-order valence-electron chi connectivity index (χ2n) is 5.26. The number of hydrogen-bond donors (Lipinski definition) is 2. The fourth-order valence-electron chi connectivity index (χ4n) is 1.32. The van der Waals surface area contributed by atoms with Crippen LogP contribution in [0.4, 0.5) is 0 Å². The third kappa shape index (κ3) is 7.30. The van der Waals surface area contributed by atoms with Crippen LogP contribution in [0.15, 0.2) is 0 Å². The molecule has 0 aromatic rings. The van der Waals surface area contributed by atoms with E-state index in [9.17, 15) is 5.11 Å². The smallest absolute Gasteiger partial charge is 0.0715 e. The molecule has 0 amide bonds. The summed E-state index contributed by atoms with van der Waals surface area (Å²) in [5.41, 5.74) is -0.752. The predicted octanol–water partition coefficient (Wildman–Crippen LogP) is 1.55. The Hall–Kier alpha value is -0.120. The van der Waals surface area contributed by atoms with Crippen LogP contribution in [0.1, 0.15) is 41.0 Å². The van der Waals surface area contributed by atoms with Gasteiger partial charge in [-0.2, -0.15) is 0 Å². The van der Waals surface area contributed by atoms with E-state index in [1.807, 2.05) is 0 Å². The minimum Gasteiger partial charge on any atom is -0.389 e. The monoisotopic (exact) mass is 203 g/mol. The molecule has 86 valence electrons. The fourth-order valence-corrected chi connectivity index (χ4v) is 1.32. The number of nitrogens with one attached hydrogen (secondary N) is 1. The summed E-state index contributed by atoms with van der Waals surface area (Å²) < 4.78 is 5.34. The van der Waals surface area contributed by atoms with Gasteiger partial charge in [0.15, 0.2) is 0 Å². The minimum atomic E-state index is -0.647. The second kappa shape index (κ2) is 5.10. The van der Waals surface area contributed by atoms with Gasteiger partial charge in [0.05, 0.1) is 11.2 Å². The molecule has 0 aromatic carbocycles. The van der Waals surface area contributed by atoms with E-state index in [1.54, 1.807) is 21.0 Å². The second-order valence-corrected chi connectivity index (χ2v) is 5.26. The largest absolute Gasteiger partial charge is 0.389 e. The highest BCUT2D eigenvalue weighted by atomic mass is 16.5. The summed E-state index contributed by atoms with van der Waals surface area (Å²) >= 11 is 0. The molecular formula is C11H25NO2. The first-order valence-electron chi connectivity index (χ1n) is 5.17. The van der Waals surface area contributed by atoms with Crippen molar-refractivity contribution in [2.75, 3.05) is 13.7 Å². The zero-order valence-electron chi connectivity index (χ0n) is 10.3. The summed E-state index contributed by atoms with van der Waals surface area (Å²) in [6.07, 6.45) is 0.930. The maximum atomic E-state index is 9.53. The molecule has 0 unspecified atom stereocenters. The summed E-state index contributed by atoms with van der Waals surface area (Å²) in [6, 6.07) is 0.344. The Morgan fingerprint density at radius 2 is 1.79 bits per heavy atom. The lowest BCUT2D eigenvalue weighted by Gasteiger charge is -2.29. The Balaban J connectivity index is 3.82. The summed E-state index contributed by atoms with van der Waals surface area (Å²) in [5, 5.41) is 12.8. The summed E-state index contributed by atoms with van der Waals surface area (Å²) in [7, 11) is 1.72. The molecule has 3 heteroatoms. The van der Waals surface area contributed by atoms with Crippen LogP contribution in [-0.2, 0) is 4.74 Å². The van der Waals surface area contributed by atoms with E-state index in [0.29, 0.717) is 12.6 Å². The van der Waals surface area contributed by atoms with Gasteiger partial charge in [-0.1, -0.05) is 0 Å². The Bertz CT molecular complexity index is 161. The van der Waals surface area contributed by atoms with Crippen LogP contribution in [0.2, 0.25) is 0 Å². The lowest BCUT2D eigenvalue weighted by atomic mass is 9.99. The Kier molecular flexibility index (Phi) is 5.06. The van der Waals surface area contributed by atoms with Gasteiger partial charge in [0, 0.05) is 19.7 Å². The van der Waals surface area contributed by atoms with Crippen molar-refractivity contribution in [2.24, 2.45) is 0 Å². The zero-order chi connectivity index (χ0) is 11.4. The highest BCUT2D eigenvalue weighted by molar-refractivity contribution is 4.78. The van der Waals surface area contributed by atoms with Gasteiger partial charge in [-0.15, -0.1) is 0 Å². The molecule has 0 radical (unpaired) electrons. The van der Waals surface area contributed by atoms with Crippen molar-refractivity contribution in [2.45, 2.75) is 58.3 Å². The molecule has 14 heavy (non-hydrogen) atoms. The number of rotatable bonds is 6. The van der Waals surface area contributed by atoms with E-state index in [2.05, 4.69) is 26.1 Å². The molecule has 0 spiro atoms. The molecule has 1 atom stereocenters. The summed E-state index contributed by atoms with van der Waals surface area (Å²) in [6.45, 7) is 10.4. The number of aliphatic hydroxyl groups is 1. The molecule has 0 bridgehead atoms. The molecule has 0 heterocycles. The van der Waals surface area contributed by atoms with Crippen LogP contribution in [-0.4, -0.2) is 36.0 Å². The molecule has 2 N–H and O–H groups in total. The maximum absolute atomic E-state index is 9.53. The first-order valence-corrected chi connectivity index (χ1v) is 5.17. The van der Waals surface area contributed by atoms with Crippen LogP contribution in [0.25, 0.3) is 0 Å². The highest BCUT2D eigenvalue weighted by Crippen LogP contribution is 2.15. The van der Waals surface area contributed by atoms with Crippen molar-refractivity contribution in [3.05, 3.63) is 0 Å². The number of ether oxygens (including phenoxy) is 1. The molecule has 0 aliphatic carbocycles. The molecule has 0 saturated carbocycles. The third-order valence-electron chi connectivity index (χ3n) is 2.23. The van der Waals surface area contributed by atoms with Crippen molar-refractivity contribution in [1.29, 1.82) is 0 Å². The van der Waals surface area contributed by atoms with E-state index >= 15 is 0 Å². The van der Waals surface area contributed by atoms with Gasteiger partial charge in [-0.25, -0.2) is 0 Å². The number of methoxy groups -OCH3 is 1. The lowest BCUT2D eigenvalue weighted by Crippen LogP contribution is -2.42. The number of hydrogen-bond acceptors (Lipinski definition) is 3. The molecular weight excluding hydrogens is 178 g/mol. The van der Waals surface area contributed by atoms with Gasteiger partial charge in [0.1, 0.15) is 0 Å². The normalized spacial score (nSPS) is 15.6. The van der Waals surface area contributed by atoms with Crippen LogP contribution in [0.5, 0.6) is 0 Å². The lowest BCUT2D eigenvalue weighted by molar-refractivity contribution is 0.00534. The predicted molar refractivity (Wildman–Crippen MR) is 59.5 cm³/mol. The Morgan fingerprint density at radius 1 is 1.29 bits per heavy atom. The third-order valence-corrected chi connectivity index (χ3v) is 2.23. The van der Waals surface area contributed by atoms with Crippen LogP contribution in [0, 0.1) is 0 Å². The minimum absolute atomic E-state index is 0.105. The molecule has 0 fully saturated rings. The molecule has 0 aliphatic heterocycles. The SMILES string of the molecule is COC(C)(C)C[C@H](C)NCC(C)(C)O. The molecule has 3 nitrogen and oxygen atoms in total. The fraction of sp³-hybridized carbons (Fsp3) is 1.00. The van der Waals surface area contributed by atoms with Crippen molar-refractivity contribution >= 4 is 0 Å². The van der Waals surface area contributed by atoms with E-state index in [4.69, 9.17) is 4.74 Å². The van der Waals surface area contributed by atoms with E-state index in [1.165, 1.54) is 0 Å². The van der Waals surface area contributed by atoms with Gasteiger partial charge < -0.3 is 15.2 Å². The Morgan fingerprint density at radius 3 is 2.14 bits per heavy atom. The van der Waals surface area contributed by atoms with Gasteiger partial charge >= 0.3 is 0 Å². The van der Waals surface area contributed by atoms with E-state index in [-0.39, 0.29) is 5.60 Å². The first-order chi connectivity index (χ1) is 6.16. The average molecular weight is 203 g/mol. The first kappa shape index (κ1) is 13.9. The van der Waals surface area contributed by atoms with Crippen molar-refractivity contribution in [1.82, 2.24) is 5.32 Å². The molecule has 0 aliphatic rings. The van der Waals surface area contributed by atoms with Crippen LogP contribution < -0.4 is 5.32 Å². The Labute approximate surface area is 87.8 Å². The maximum Gasteiger partial charge on any atom is 0.0715 e. The van der Waals surface area contributed by atoms with Crippen LogP contribution in [0.3, 0.4) is 0 Å². The summed E-state index contributed by atoms with van der Waals surface area (Å²) in [4.78, 5) is 0. The van der Waals surface area contributed by atoms with Gasteiger partial charge in [-0.05, 0) is 41.0 Å². The van der Waals surface area contributed by atoms with Gasteiger partial charge in [-0.3, -0.25) is 0 Å². The molecule has 0 rings (SSSR count). The van der Waals surface area contributed by atoms with Gasteiger partial charge in [0.2, 0.25) is 0 Å². The van der Waals surface area contributed by atoms with Gasteiger partial charge in [0.25, 0.3) is 0 Å². The van der Waals surface area contributed by atoms with Crippen molar-refractivity contribution < 1.29 is 9.84 Å². The standard InChI is InChI=1S/C11H25NO2/c1-9(7-11(4,5)14-6)12-8-10(2,3)13/h9,12-13H,7-8H2,1-6H3/t9-/m0/s1. The van der Waals surface area contributed by atoms with Crippen LogP contribution >= 0.6 is 0 Å². The van der Waals surface area contributed by atoms with Crippen molar-refractivity contribution in [3.63, 3.8) is 0 Å². The summed E-state index contributed by atoms with van der Waals surface area (Å²) in [5.74, 6) is 0.